The van der Waals surface area contributed by atoms with Crippen molar-refractivity contribution in [3.63, 3.8) is 0 Å². The van der Waals surface area contributed by atoms with Crippen molar-refractivity contribution < 1.29 is 9.47 Å². The van der Waals surface area contributed by atoms with Crippen LogP contribution in [0.3, 0.4) is 0 Å². The first-order valence-corrected chi connectivity index (χ1v) is 11.8. The van der Waals surface area contributed by atoms with E-state index >= 15 is 0 Å². The maximum absolute atomic E-state index is 4.54. The Balaban J connectivity index is -0.0000000762. The Morgan fingerprint density at radius 2 is 0.781 bits per heavy atom. The maximum Gasteiger partial charge on any atom is 0.0433 e. The van der Waals surface area contributed by atoms with Gasteiger partial charge >= 0.3 is 0 Å². The van der Waals surface area contributed by atoms with Crippen molar-refractivity contribution in [2.24, 2.45) is 0 Å². The number of ether oxygens (including phenoxy) is 2. The van der Waals surface area contributed by atoms with Crippen molar-refractivity contribution in [3.05, 3.63) is 59.7 Å². The highest BCUT2D eigenvalue weighted by Gasteiger charge is 2.15. The van der Waals surface area contributed by atoms with Crippen LogP contribution in [0.2, 0.25) is 0 Å². The van der Waals surface area contributed by atoms with Crippen LogP contribution < -0.4 is 0 Å². The third-order valence-electron chi connectivity index (χ3n) is 3.28. The van der Waals surface area contributed by atoms with Gasteiger partial charge in [-0.2, -0.15) is 0 Å². The Bertz CT molecular complexity index is 484. The zero-order chi connectivity index (χ0) is 24.2. The largest absolute Gasteiger partial charge is 0.385 e. The lowest BCUT2D eigenvalue weighted by Crippen LogP contribution is -1.77. The monoisotopic (exact) mass is 452 g/mol. The highest BCUT2D eigenvalue weighted by atomic mass is 16.5. The zero-order valence-electron chi connectivity index (χ0n) is 22.3. The first-order chi connectivity index (χ1) is 14.7. The fraction of sp³-hybridized carbons (Fsp3) is 0.600. The summed E-state index contributed by atoms with van der Waals surface area (Å²) in [5.74, 6) is 0. The molecule has 0 aromatic heterocycles. The number of rotatable bonds is 2. The van der Waals surface area contributed by atoms with Crippen molar-refractivity contribution in [1.82, 2.24) is 0 Å². The van der Waals surface area contributed by atoms with Gasteiger partial charge in [0.2, 0.25) is 0 Å². The number of hydrogen-bond acceptors (Lipinski definition) is 2. The molecule has 1 aliphatic rings. The molecule has 0 bridgehead atoms. The van der Waals surface area contributed by atoms with Crippen LogP contribution in [0.15, 0.2) is 48.5 Å². The summed E-state index contributed by atoms with van der Waals surface area (Å²) in [7, 11) is 3.36. The number of fused-ring (bicyclic) bond motifs is 3. The molecule has 0 N–H and O–H groups in total. The summed E-state index contributed by atoms with van der Waals surface area (Å²) >= 11 is 0. The Kier molecular flexibility index (Phi) is 54.8. The molecule has 192 valence electrons. The van der Waals surface area contributed by atoms with Crippen LogP contribution in [0.4, 0.5) is 0 Å². The normalized spacial score (nSPS) is 8.00. The van der Waals surface area contributed by atoms with Gasteiger partial charge in [-0.05, 0) is 42.5 Å². The van der Waals surface area contributed by atoms with Crippen molar-refractivity contribution in [1.29, 1.82) is 0 Å². The van der Waals surface area contributed by atoms with Crippen LogP contribution in [-0.2, 0) is 15.9 Å². The topological polar surface area (TPSA) is 18.5 Å². The summed E-state index contributed by atoms with van der Waals surface area (Å²) in [5.41, 5.74) is 5.75. The molecule has 0 amide bonds. The fourth-order valence-corrected chi connectivity index (χ4v) is 2.08. The Labute approximate surface area is 204 Å². The quantitative estimate of drug-likeness (QED) is 0.385. The highest BCUT2D eigenvalue weighted by Crippen LogP contribution is 2.35. The standard InChI is InChI=1S/C13H10.2C3H8O.C3H8.3C2H6.2CH4/c1-3-7-12-10(5-1)9-11-6-2-4-8-13(11)12;2*1-3-4-2;1-3-2;3*1-2;;/h1-8H,9H2;2*3H2,1-2H3;3H2,1-2H3;3*1-2H3;2*1H4. The Morgan fingerprint density at radius 3 is 1.00 bits per heavy atom. The molecule has 2 nitrogen and oxygen atoms in total. The molecule has 1 aliphatic carbocycles. The predicted molar refractivity (Wildman–Crippen MR) is 153 cm³/mol. The molecular formula is C30H60O2. The number of methoxy groups -OCH3 is 2. The average molecular weight is 453 g/mol. The lowest BCUT2D eigenvalue weighted by Gasteiger charge is -1.98. The van der Waals surface area contributed by atoms with Crippen molar-refractivity contribution in [3.8, 4) is 11.1 Å². The van der Waals surface area contributed by atoms with Crippen LogP contribution in [0, 0.1) is 0 Å². The summed E-state index contributed by atoms with van der Waals surface area (Å²) in [6.45, 7) is 21.8. The molecule has 0 spiro atoms. The van der Waals surface area contributed by atoms with Gasteiger partial charge in [-0.3, -0.25) is 0 Å². The van der Waals surface area contributed by atoms with Crippen molar-refractivity contribution in [2.75, 3.05) is 27.4 Å². The van der Waals surface area contributed by atoms with E-state index in [-0.39, 0.29) is 14.9 Å². The fourth-order valence-electron chi connectivity index (χ4n) is 2.08. The van der Waals surface area contributed by atoms with Gasteiger partial charge in [-0.1, -0.05) is 125 Å². The van der Waals surface area contributed by atoms with Crippen molar-refractivity contribution in [2.45, 2.75) is 96.9 Å². The molecule has 0 heterocycles. The first kappa shape index (κ1) is 44.1. The molecule has 2 heteroatoms. The lowest BCUT2D eigenvalue weighted by molar-refractivity contribution is 0.215. The van der Waals surface area contributed by atoms with Crippen LogP contribution in [0.25, 0.3) is 11.1 Å². The van der Waals surface area contributed by atoms with Crippen LogP contribution in [0.5, 0.6) is 0 Å². The summed E-state index contributed by atoms with van der Waals surface area (Å²) in [5, 5.41) is 0. The molecule has 0 saturated heterocycles. The van der Waals surface area contributed by atoms with E-state index in [1.807, 2.05) is 55.4 Å². The molecule has 0 aliphatic heterocycles. The summed E-state index contributed by atoms with van der Waals surface area (Å²) in [6, 6.07) is 17.3. The van der Waals surface area contributed by atoms with E-state index in [2.05, 4.69) is 71.9 Å². The van der Waals surface area contributed by atoms with Crippen LogP contribution >= 0.6 is 0 Å². The van der Waals surface area contributed by atoms with Crippen LogP contribution in [0.1, 0.15) is 102 Å². The van der Waals surface area contributed by atoms with E-state index < -0.39 is 0 Å². The van der Waals surface area contributed by atoms with E-state index in [0.29, 0.717) is 0 Å². The second kappa shape index (κ2) is 39.8. The number of benzene rings is 2. The summed E-state index contributed by atoms with van der Waals surface area (Å²) in [4.78, 5) is 0. The van der Waals surface area contributed by atoms with E-state index in [4.69, 9.17) is 0 Å². The minimum atomic E-state index is 0. The minimum Gasteiger partial charge on any atom is -0.385 e. The second-order valence-corrected chi connectivity index (χ2v) is 5.35. The van der Waals surface area contributed by atoms with Gasteiger partial charge in [-0.25, -0.2) is 0 Å². The molecule has 32 heavy (non-hydrogen) atoms. The van der Waals surface area contributed by atoms with E-state index in [1.165, 1.54) is 28.7 Å². The molecule has 0 radical (unpaired) electrons. The predicted octanol–water partition coefficient (Wildman–Crippen LogP) is 10.3. The van der Waals surface area contributed by atoms with Crippen LogP contribution in [-0.4, -0.2) is 27.4 Å². The second-order valence-electron chi connectivity index (χ2n) is 5.35. The first-order valence-electron chi connectivity index (χ1n) is 11.8. The van der Waals surface area contributed by atoms with E-state index in [1.54, 1.807) is 14.2 Å². The molecule has 2 aromatic rings. The van der Waals surface area contributed by atoms with Gasteiger partial charge in [0.15, 0.2) is 0 Å². The zero-order valence-corrected chi connectivity index (χ0v) is 22.3. The molecule has 2 aromatic carbocycles. The van der Waals surface area contributed by atoms with Gasteiger partial charge in [0.05, 0.1) is 0 Å². The SMILES string of the molecule is C.C.CC.CC.CC.CCC.CCOC.CCOC.c1ccc2c(c1)Cc1ccccc1-2. The Morgan fingerprint density at radius 1 is 0.562 bits per heavy atom. The Hall–Kier alpha value is -1.64. The summed E-state index contributed by atoms with van der Waals surface area (Å²) < 4.78 is 9.08. The van der Waals surface area contributed by atoms with Gasteiger partial charge in [0.25, 0.3) is 0 Å². The van der Waals surface area contributed by atoms with Gasteiger partial charge in [-0.15, -0.1) is 0 Å². The minimum absolute atomic E-state index is 0. The van der Waals surface area contributed by atoms with Gasteiger partial charge < -0.3 is 9.47 Å². The summed E-state index contributed by atoms with van der Waals surface area (Å²) in [6.07, 6.45) is 2.35. The molecular weight excluding hydrogens is 392 g/mol. The maximum atomic E-state index is 4.54. The third kappa shape index (κ3) is 23.0. The van der Waals surface area contributed by atoms with Gasteiger partial charge in [0.1, 0.15) is 0 Å². The smallest absolute Gasteiger partial charge is 0.0433 e. The molecule has 0 unspecified atom stereocenters. The molecule has 0 saturated carbocycles. The number of hydrogen-bond donors (Lipinski definition) is 0. The third-order valence-corrected chi connectivity index (χ3v) is 3.28. The average Bonchev–Trinajstić information content (AvgIpc) is 3.22. The molecule has 0 atom stereocenters. The highest BCUT2D eigenvalue weighted by molar-refractivity contribution is 5.76. The van der Waals surface area contributed by atoms with E-state index in [9.17, 15) is 0 Å². The lowest BCUT2D eigenvalue weighted by atomic mass is 10.1. The van der Waals surface area contributed by atoms with Crippen molar-refractivity contribution >= 4 is 0 Å². The molecule has 3 rings (SSSR count). The van der Waals surface area contributed by atoms with Gasteiger partial charge in [0, 0.05) is 27.4 Å². The molecule has 0 fully saturated rings. The van der Waals surface area contributed by atoms with E-state index in [0.717, 1.165) is 19.6 Å².